The van der Waals surface area contributed by atoms with Crippen LogP contribution in [0.5, 0.6) is 5.88 Å². The van der Waals surface area contributed by atoms with Gasteiger partial charge in [0.2, 0.25) is 11.8 Å². The standard InChI is InChI=1S/C32H59N5O5Si2/c1-29(2,3)40-26-24-25(34-27(35-26)36-28(38)41-30(4,5)6)37(20-33-24)22-17-21(19-39-43(13,14)31(7,8)9)23(18-22)42-44(15,16)32(10,11)12/h20-23H,17-19H2,1-16H3,(H,34,35,36,38)/t21-,22+,23+/m1/s1. The number of carbonyl (C=O) groups is 1. The van der Waals surface area contributed by atoms with Crippen LogP contribution in [0.1, 0.15) is 102 Å². The van der Waals surface area contributed by atoms with Crippen LogP contribution >= 0.6 is 0 Å². The molecule has 1 aliphatic rings. The topological polar surface area (TPSA) is 110 Å². The summed E-state index contributed by atoms with van der Waals surface area (Å²) in [6.07, 6.45) is 2.92. The summed E-state index contributed by atoms with van der Waals surface area (Å²) in [5.41, 5.74) is -0.0361. The lowest BCUT2D eigenvalue weighted by atomic mass is 10.1. The molecule has 2 heterocycles. The zero-order valence-corrected chi connectivity index (χ0v) is 32.3. The zero-order chi connectivity index (χ0) is 33.7. The number of nitrogens with zero attached hydrogens (tertiary/aromatic N) is 4. The van der Waals surface area contributed by atoms with Crippen molar-refractivity contribution in [1.82, 2.24) is 19.5 Å². The molecule has 0 unspecified atom stereocenters. The quantitative estimate of drug-likeness (QED) is 0.283. The number of nitrogens with one attached hydrogen (secondary N) is 1. The number of carbonyl (C=O) groups excluding carboxylic acids is 1. The minimum Gasteiger partial charge on any atom is -0.470 e. The Kier molecular flexibility index (Phi) is 10.2. The van der Waals surface area contributed by atoms with Gasteiger partial charge >= 0.3 is 6.09 Å². The smallest absolute Gasteiger partial charge is 0.414 e. The van der Waals surface area contributed by atoms with Crippen molar-refractivity contribution in [2.75, 3.05) is 11.9 Å². The Balaban J connectivity index is 2.02. The molecule has 0 aliphatic heterocycles. The van der Waals surface area contributed by atoms with Gasteiger partial charge in [0.15, 0.2) is 27.8 Å². The molecule has 2 aromatic heterocycles. The third kappa shape index (κ3) is 9.04. The summed E-state index contributed by atoms with van der Waals surface area (Å²) in [6, 6.07) is 0.0783. The first-order valence-electron chi connectivity index (χ1n) is 15.9. The molecular formula is C32H59N5O5Si2. The highest BCUT2D eigenvalue weighted by molar-refractivity contribution is 6.74. The summed E-state index contributed by atoms with van der Waals surface area (Å²) >= 11 is 0. The molecule has 12 heteroatoms. The molecule has 1 fully saturated rings. The monoisotopic (exact) mass is 649 g/mol. The van der Waals surface area contributed by atoms with E-state index in [4.69, 9.17) is 28.3 Å². The van der Waals surface area contributed by atoms with Crippen LogP contribution in [-0.4, -0.2) is 66.2 Å². The molecule has 250 valence electrons. The molecular weight excluding hydrogens is 591 g/mol. The summed E-state index contributed by atoms with van der Waals surface area (Å²) in [5.74, 6) is 0.655. The lowest BCUT2D eigenvalue weighted by Gasteiger charge is -2.41. The van der Waals surface area contributed by atoms with Gasteiger partial charge in [-0.3, -0.25) is 5.32 Å². The highest BCUT2D eigenvalue weighted by atomic mass is 28.4. The van der Waals surface area contributed by atoms with Crippen molar-refractivity contribution >= 4 is 39.8 Å². The fourth-order valence-corrected chi connectivity index (χ4v) is 7.12. The van der Waals surface area contributed by atoms with Crippen molar-refractivity contribution < 1.29 is 23.1 Å². The van der Waals surface area contributed by atoms with E-state index in [0.29, 0.717) is 23.7 Å². The second kappa shape index (κ2) is 12.3. The molecule has 2 aromatic rings. The van der Waals surface area contributed by atoms with E-state index in [1.807, 2.05) is 47.9 Å². The Morgan fingerprint density at radius 2 is 1.48 bits per heavy atom. The Hall–Kier alpha value is -2.03. The van der Waals surface area contributed by atoms with Gasteiger partial charge in [-0.2, -0.15) is 9.97 Å². The third-order valence-corrected chi connectivity index (χ3v) is 18.1. The number of hydrogen-bond acceptors (Lipinski definition) is 8. The number of anilines is 1. The molecule has 1 amide bonds. The number of amides is 1. The molecule has 44 heavy (non-hydrogen) atoms. The Morgan fingerprint density at radius 1 is 0.886 bits per heavy atom. The minimum atomic E-state index is -2.05. The maximum atomic E-state index is 12.7. The molecule has 1 saturated carbocycles. The molecule has 0 bridgehead atoms. The Bertz CT molecular complexity index is 1320. The molecule has 0 saturated heterocycles. The van der Waals surface area contributed by atoms with Crippen LogP contribution in [0.25, 0.3) is 11.2 Å². The van der Waals surface area contributed by atoms with Crippen molar-refractivity contribution in [2.24, 2.45) is 5.92 Å². The van der Waals surface area contributed by atoms with E-state index < -0.39 is 33.9 Å². The van der Waals surface area contributed by atoms with Crippen LogP contribution in [0.15, 0.2) is 6.33 Å². The van der Waals surface area contributed by atoms with E-state index in [9.17, 15) is 4.79 Å². The van der Waals surface area contributed by atoms with Crippen molar-refractivity contribution in [3.05, 3.63) is 6.33 Å². The van der Waals surface area contributed by atoms with Crippen molar-refractivity contribution in [1.29, 1.82) is 0 Å². The van der Waals surface area contributed by atoms with Crippen molar-refractivity contribution in [2.45, 2.75) is 156 Å². The maximum Gasteiger partial charge on any atom is 0.414 e. The van der Waals surface area contributed by atoms with Crippen LogP contribution < -0.4 is 10.1 Å². The molecule has 0 spiro atoms. The van der Waals surface area contributed by atoms with Gasteiger partial charge in [-0.05, 0) is 90.6 Å². The van der Waals surface area contributed by atoms with Gasteiger partial charge in [-0.1, -0.05) is 41.5 Å². The van der Waals surface area contributed by atoms with Crippen LogP contribution in [0.2, 0.25) is 36.3 Å². The highest BCUT2D eigenvalue weighted by Gasteiger charge is 2.46. The predicted molar refractivity (Wildman–Crippen MR) is 183 cm³/mol. The van der Waals surface area contributed by atoms with Gasteiger partial charge in [-0.15, -0.1) is 0 Å². The van der Waals surface area contributed by atoms with Crippen LogP contribution in [0.4, 0.5) is 10.7 Å². The number of ether oxygens (including phenoxy) is 2. The summed E-state index contributed by atoms with van der Waals surface area (Å²) < 4.78 is 27.7. The summed E-state index contributed by atoms with van der Waals surface area (Å²) in [7, 11) is -4.00. The molecule has 3 atom stereocenters. The van der Waals surface area contributed by atoms with E-state index in [2.05, 4.69) is 82.6 Å². The van der Waals surface area contributed by atoms with Crippen molar-refractivity contribution in [3.63, 3.8) is 0 Å². The highest BCUT2D eigenvalue weighted by Crippen LogP contribution is 2.45. The van der Waals surface area contributed by atoms with Crippen LogP contribution in [0.3, 0.4) is 0 Å². The van der Waals surface area contributed by atoms with Gasteiger partial charge < -0.3 is 22.9 Å². The maximum absolute atomic E-state index is 12.7. The number of rotatable bonds is 8. The van der Waals surface area contributed by atoms with Gasteiger partial charge in [0.1, 0.15) is 11.2 Å². The van der Waals surface area contributed by atoms with Crippen molar-refractivity contribution in [3.8, 4) is 5.88 Å². The van der Waals surface area contributed by atoms with E-state index in [1.165, 1.54) is 0 Å². The normalized spacial score (nSPS) is 20.7. The van der Waals surface area contributed by atoms with E-state index >= 15 is 0 Å². The van der Waals surface area contributed by atoms with Gasteiger partial charge in [0.05, 0.1) is 12.4 Å². The summed E-state index contributed by atoms with van der Waals surface area (Å²) in [4.78, 5) is 26.7. The number of hydrogen-bond donors (Lipinski definition) is 1. The predicted octanol–water partition coefficient (Wildman–Crippen LogP) is 8.71. The SMILES string of the molecule is CC(C)(C)OC(=O)Nc1nc(OC(C)(C)C)c2ncn([C@H]3C[C@H](CO[Si](C)(C)C(C)(C)C)[C@@H](O[Si](C)(C)C(C)(C)C)C3)c2n1. The molecule has 0 aromatic carbocycles. The first kappa shape index (κ1) is 36.4. The van der Waals surface area contributed by atoms with E-state index in [1.54, 1.807) is 0 Å². The Labute approximate surface area is 267 Å². The van der Waals surface area contributed by atoms with Gasteiger partial charge in [-0.25, -0.2) is 9.78 Å². The zero-order valence-electron chi connectivity index (χ0n) is 30.3. The van der Waals surface area contributed by atoms with Crippen LogP contribution in [-0.2, 0) is 13.6 Å². The molecule has 1 N–H and O–H groups in total. The number of fused-ring (bicyclic) bond motifs is 1. The van der Waals surface area contributed by atoms with E-state index in [-0.39, 0.29) is 34.1 Å². The third-order valence-electron chi connectivity index (χ3n) is 9.12. The summed E-state index contributed by atoms with van der Waals surface area (Å²) in [6.45, 7) is 34.9. The molecule has 1 aliphatic carbocycles. The van der Waals surface area contributed by atoms with E-state index in [0.717, 1.165) is 12.8 Å². The fourth-order valence-electron chi connectivity index (χ4n) is 4.66. The fraction of sp³-hybridized carbons (Fsp3) is 0.812. The number of aromatic nitrogens is 4. The first-order chi connectivity index (χ1) is 19.7. The first-order valence-corrected chi connectivity index (χ1v) is 21.8. The van der Waals surface area contributed by atoms with Gasteiger partial charge in [0.25, 0.3) is 0 Å². The second-order valence-electron chi connectivity index (χ2n) is 17.4. The lowest BCUT2D eigenvalue weighted by molar-refractivity contribution is 0.0634. The Morgan fingerprint density at radius 3 is 2.00 bits per heavy atom. The largest absolute Gasteiger partial charge is 0.470 e. The molecule has 3 rings (SSSR count). The van der Waals surface area contributed by atoms with Gasteiger partial charge in [0, 0.05) is 18.6 Å². The molecule has 10 nitrogen and oxygen atoms in total. The second-order valence-corrected chi connectivity index (χ2v) is 27.0. The molecule has 0 radical (unpaired) electrons. The lowest BCUT2D eigenvalue weighted by Crippen LogP contribution is -2.46. The average molecular weight is 650 g/mol. The van der Waals surface area contributed by atoms with Crippen LogP contribution in [0, 0.1) is 5.92 Å². The minimum absolute atomic E-state index is 0.0506. The summed E-state index contributed by atoms with van der Waals surface area (Å²) in [5, 5.41) is 2.92. The number of imidazole rings is 1. The average Bonchev–Trinajstić information content (AvgIpc) is 3.37.